The summed E-state index contributed by atoms with van der Waals surface area (Å²) in [6.45, 7) is 4.57. The largest absolute Gasteiger partial charge is 0.154 e. The summed E-state index contributed by atoms with van der Waals surface area (Å²) in [4.78, 5) is 0.713. The third-order valence-corrected chi connectivity index (χ3v) is 7.85. The molecule has 1 atom stereocenters. The topological polar surface area (TPSA) is 0 Å². The molecule has 1 unspecified atom stereocenters. The van der Waals surface area contributed by atoms with Crippen LogP contribution in [0.5, 0.6) is 0 Å². The molecule has 0 aliphatic rings. The fourth-order valence-electron chi connectivity index (χ4n) is 2.23. The summed E-state index contributed by atoms with van der Waals surface area (Å²) in [6, 6.07) is 22.0. The van der Waals surface area contributed by atoms with Crippen molar-refractivity contribution in [2.75, 3.05) is 5.75 Å². The molecule has 0 heterocycles. The van der Waals surface area contributed by atoms with Crippen LogP contribution in [0.3, 0.4) is 0 Å². The molecule has 100 valence electrons. The highest BCUT2D eigenvalue weighted by atomic mass is 32.2. The van der Waals surface area contributed by atoms with Crippen LogP contribution in [0.2, 0.25) is 0 Å². The van der Waals surface area contributed by atoms with Gasteiger partial charge in [0.1, 0.15) is 0 Å². The molecule has 0 aliphatic heterocycles. The summed E-state index contributed by atoms with van der Waals surface area (Å²) >= 11 is 2.10. The first kappa shape index (κ1) is 14.6. The Hall–Kier alpha value is -0.780. The van der Waals surface area contributed by atoms with E-state index in [1.807, 2.05) is 0 Å². The van der Waals surface area contributed by atoms with Gasteiger partial charge in [0, 0.05) is 4.99 Å². The summed E-state index contributed by atoms with van der Waals surface area (Å²) in [6.07, 6.45) is 1.23. The highest BCUT2D eigenvalue weighted by Crippen LogP contribution is 2.46. The van der Waals surface area contributed by atoms with E-state index in [1.165, 1.54) is 22.8 Å². The first-order valence-corrected chi connectivity index (χ1v) is 9.33. The van der Waals surface area contributed by atoms with Crippen molar-refractivity contribution in [1.29, 1.82) is 0 Å². The van der Waals surface area contributed by atoms with Crippen molar-refractivity contribution in [2.24, 2.45) is 0 Å². The number of benzene rings is 2. The van der Waals surface area contributed by atoms with E-state index in [0.29, 0.717) is 4.99 Å². The Kier molecular flexibility index (Phi) is 5.94. The lowest BCUT2D eigenvalue weighted by molar-refractivity contribution is 1.05. The van der Waals surface area contributed by atoms with E-state index >= 15 is 0 Å². The van der Waals surface area contributed by atoms with Crippen molar-refractivity contribution in [2.45, 2.75) is 25.3 Å². The number of rotatable bonds is 6. The average molecular weight is 288 g/mol. The number of hydrogen-bond acceptors (Lipinski definition) is 1. The normalized spacial score (nSPS) is 12.6. The third-order valence-electron chi connectivity index (χ3n) is 3.07. The highest BCUT2D eigenvalue weighted by molar-refractivity contribution is 8.07. The van der Waals surface area contributed by atoms with E-state index in [1.54, 1.807) is 0 Å². The van der Waals surface area contributed by atoms with Crippen LogP contribution in [0.25, 0.3) is 0 Å². The Morgan fingerprint density at radius 1 is 0.842 bits per heavy atom. The van der Waals surface area contributed by atoms with Gasteiger partial charge in [0.25, 0.3) is 0 Å². The lowest BCUT2D eigenvalue weighted by atomic mass is 10.4. The summed E-state index contributed by atoms with van der Waals surface area (Å²) in [5.74, 6) is 1.19. The zero-order valence-corrected chi connectivity index (χ0v) is 13.3. The minimum absolute atomic E-state index is 0.257. The van der Waals surface area contributed by atoms with Crippen LogP contribution < -0.4 is 10.6 Å². The van der Waals surface area contributed by atoms with Crippen LogP contribution in [0.15, 0.2) is 60.7 Å². The predicted molar refractivity (Wildman–Crippen MR) is 91.3 cm³/mol. The minimum Gasteiger partial charge on any atom is -0.154 e. The van der Waals surface area contributed by atoms with Crippen molar-refractivity contribution in [3.63, 3.8) is 0 Å². The van der Waals surface area contributed by atoms with Gasteiger partial charge < -0.3 is 0 Å². The Labute approximate surface area is 122 Å². The van der Waals surface area contributed by atoms with Crippen molar-refractivity contribution in [3.05, 3.63) is 60.7 Å². The van der Waals surface area contributed by atoms with Gasteiger partial charge in [0.15, 0.2) is 0 Å². The van der Waals surface area contributed by atoms with Gasteiger partial charge in [-0.15, -0.1) is 0 Å². The van der Waals surface area contributed by atoms with Gasteiger partial charge in [-0.2, -0.15) is 11.8 Å². The molecule has 0 saturated carbocycles. The Morgan fingerprint density at radius 3 is 1.68 bits per heavy atom. The van der Waals surface area contributed by atoms with Gasteiger partial charge in [-0.1, -0.05) is 74.5 Å². The lowest BCUT2D eigenvalue weighted by Crippen LogP contribution is -2.19. The maximum Gasteiger partial charge on any atom is 0.0326 e. The first-order valence-electron chi connectivity index (χ1n) is 6.87. The Bertz CT molecular complexity index is 430. The first-order chi connectivity index (χ1) is 9.36. The van der Waals surface area contributed by atoms with E-state index in [0.717, 1.165) is 0 Å². The molecule has 0 fully saturated rings. The van der Waals surface area contributed by atoms with Crippen LogP contribution in [0, 0.1) is 0 Å². The summed E-state index contributed by atoms with van der Waals surface area (Å²) in [5.41, 5.74) is 0. The molecule has 0 radical (unpaired) electrons. The third kappa shape index (κ3) is 3.84. The molecule has 0 nitrogen and oxygen atoms in total. The van der Waals surface area contributed by atoms with Crippen LogP contribution in [0.4, 0.5) is 0 Å². The summed E-state index contributed by atoms with van der Waals surface area (Å²) in [7, 11) is -0.257. The molecule has 0 N–H and O–H groups in total. The summed E-state index contributed by atoms with van der Waals surface area (Å²) < 4.78 is 0. The van der Waals surface area contributed by atoms with Crippen molar-refractivity contribution >= 4 is 30.3 Å². The van der Waals surface area contributed by atoms with Gasteiger partial charge in [-0.25, -0.2) is 0 Å². The second-order valence-corrected chi connectivity index (χ2v) is 8.58. The Morgan fingerprint density at radius 2 is 1.32 bits per heavy atom. The molecule has 0 amide bonds. The maximum atomic E-state index is 2.31. The fraction of sp³-hybridized carbons (Fsp3) is 0.294. The fourth-order valence-corrected chi connectivity index (χ4v) is 6.94. The molecule has 0 saturated heterocycles. The standard InChI is InChI=1S/C17H21PS/c1-3-17(19-4-2)18(15-11-7-5-8-12-15)16-13-9-6-10-14-16/h5-14,17H,3-4H2,1-2H3. The SMILES string of the molecule is CCSC(CC)P(c1ccccc1)c1ccccc1. The number of thioether (sulfide) groups is 1. The molecular weight excluding hydrogens is 267 g/mol. The van der Waals surface area contributed by atoms with Crippen LogP contribution >= 0.6 is 19.7 Å². The zero-order valence-electron chi connectivity index (χ0n) is 11.6. The maximum absolute atomic E-state index is 2.31. The van der Waals surface area contributed by atoms with Crippen LogP contribution in [-0.4, -0.2) is 10.7 Å². The van der Waals surface area contributed by atoms with Gasteiger partial charge in [-0.05, 0) is 30.7 Å². The van der Waals surface area contributed by atoms with Gasteiger partial charge >= 0.3 is 0 Å². The average Bonchev–Trinajstić information content (AvgIpc) is 2.49. The molecular formula is C17H21PS. The lowest BCUT2D eigenvalue weighted by Gasteiger charge is -2.27. The molecule has 2 rings (SSSR count). The van der Waals surface area contributed by atoms with E-state index in [4.69, 9.17) is 0 Å². The summed E-state index contributed by atoms with van der Waals surface area (Å²) in [5, 5.41) is 2.99. The number of hydrogen-bond donors (Lipinski definition) is 0. The van der Waals surface area contributed by atoms with Crippen molar-refractivity contribution in [1.82, 2.24) is 0 Å². The van der Waals surface area contributed by atoms with Gasteiger partial charge in [-0.3, -0.25) is 0 Å². The predicted octanol–water partition coefficient (Wildman–Crippen LogP) is 4.61. The molecule has 0 aromatic heterocycles. The smallest absolute Gasteiger partial charge is 0.0326 e. The van der Waals surface area contributed by atoms with Crippen LogP contribution in [0.1, 0.15) is 20.3 Å². The zero-order chi connectivity index (χ0) is 13.5. The molecule has 0 spiro atoms. The quantitative estimate of drug-likeness (QED) is 0.700. The molecule has 2 aromatic carbocycles. The van der Waals surface area contributed by atoms with E-state index in [-0.39, 0.29) is 7.92 Å². The molecule has 0 bridgehead atoms. The van der Waals surface area contributed by atoms with E-state index in [9.17, 15) is 0 Å². The minimum atomic E-state index is -0.257. The molecule has 2 heteroatoms. The molecule has 19 heavy (non-hydrogen) atoms. The van der Waals surface area contributed by atoms with E-state index < -0.39 is 0 Å². The molecule has 0 aliphatic carbocycles. The monoisotopic (exact) mass is 288 g/mol. The van der Waals surface area contributed by atoms with Crippen molar-refractivity contribution in [3.8, 4) is 0 Å². The van der Waals surface area contributed by atoms with E-state index in [2.05, 4.69) is 86.3 Å². The van der Waals surface area contributed by atoms with Gasteiger partial charge in [0.05, 0.1) is 0 Å². The van der Waals surface area contributed by atoms with Crippen molar-refractivity contribution < 1.29 is 0 Å². The molecule has 2 aromatic rings. The Balaban J connectivity index is 2.38. The second-order valence-electron chi connectivity index (χ2n) is 4.36. The van der Waals surface area contributed by atoms with Crippen LogP contribution in [-0.2, 0) is 0 Å². The highest BCUT2D eigenvalue weighted by Gasteiger charge is 2.22. The van der Waals surface area contributed by atoms with Gasteiger partial charge in [0.2, 0.25) is 0 Å². The second kappa shape index (κ2) is 7.72.